The summed E-state index contributed by atoms with van der Waals surface area (Å²) in [4.78, 5) is 60.1. The average molecular weight is 625 g/mol. The topological polar surface area (TPSA) is 138 Å². The quantitative estimate of drug-likeness (QED) is 0.386. The molecule has 3 N–H and O–H groups in total. The molecule has 0 saturated carbocycles. The summed E-state index contributed by atoms with van der Waals surface area (Å²) in [5.74, 6) is -2.38. The molecule has 232 valence electrons. The molecule has 5 amide bonds. The molecule has 11 nitrogen and oxygen atoms in total. The third-order valence-electron chi connectivity index (χ3n) is 7.17. The zero-order valence-electron chi connectivity index (χ0n) is 23.6. The first kappa shape index (κ1) is 32.2. The van der Waals surface area contributed by atoms with Crippen LogP contribution in [0, 0.1) is 0 Å². The van der Waals surface area contributed by atoms with Crippen molar-refractivity contribution >= 4 is 35.4 Å². The van der Waals surface area contributed by atoms with Crippen LogP contribution in [0.5, 0.6) is 0 Å². The molecule has 43 heavy (non-hydrogen) atoms. The van der Waals surface area contributed by atoms with Crippen LogP contribution < -0.4 is 11.1 Å². The first-order chi connectivity index (χ1) is 20.1. The number of carbonyl (C=O) groups is 4. The Hall–Kier alpha value is -3.75. The van der Waals surface area contributed by atoms with Crippen molar-refractivity contribution in [2.45, 2.75) is 50.2 Å². The molecule has 2 aliphatic heterocycles. The van der Waals surface area contributed by atoms with E-state index in [1.54, 1.807) is 42.5 Å². The highest BCUT2D eigenvalue weighted by Crippen LogP contribution is 2.36. The number of hydrogen-bond donors (Lipinski definition) is 2. The molecule has 2 aromatic rings. The van der Waals surface area contributed by atoms with Gasteiger partial charge in [-0.2, -0.15) is 13.2 Å². The minimum atomic E-state index is -4.83. The lowest BCUT2D eigenvalue weighted by Crippen LogP contribution is -2.67. The standard InChI is InChI=1S/C28H32ClF3N6O5/c1-26(2,33)23(40)35-21(15-43-14-18-6-8-19(29)9-7-18)22(39)36-11-12-38-25(42)37(17-28(30,31)32)24(41)27(38,16-36)13-20-5-3-4-10-34-20/h3-10,21H,11-17,33H2,1-2H3,(H,35,40)/t21-,27+/m1/s1. The monoisotopic (exact) mass is 624 g/mol. The number of fused-ring (bicyclic) bond motifs is 1. The number of amides is 5. The summed E-state index contributed by atoms with van der Waals surface area (Å²) in [6.07, 6.45) is -3.60. The Labute approximate surface area is 251 Å². The minimum Gasteiger partial charge on any atom is -0.374 e. The van der Waals surface area contributed by atoms with Crippen LogP contribution in [0.4, 0.5) is 18.0 Å². The van der Waals surface area contributed by atoms with E-state index in [2.05, 4.69) is 10.3 Å². The molecule has 0 unspecified atom stereocenters. The van der Waals surface area contributed by atoms with Crippen molar-refractivity contribution in [3.05, 3.63) is 64.9 Å². The Kier molecular flexibility index (Phi) is 9.33. The number of rotatable bonds is 10. The molecule has 2 atom stereocenters. The summed E-state index contributed by atoms with van der Waals surface area (Å²) in [5, 5.41) is 3.12. The second-order valence-corrected chi connectivity index (χ2v) is 11.6. The second-order valence-electron chi connectivity index (χ2n) is 11.1. The van der Waals surface area contributed by atoms with Crippen molar-refractivity contribution in [2.75, 3.05) is 32.8 Å². The van der Waals surface area contributed by atoms with Crippen LogP contribution in [0.3, 0.4) is 0 Å². The highest BCUT2D eigenvalue weighted by molar-refractivity contribution is 6.30. The maximum Gasteiger partial charge on any atom is 0.406 e. The number of hydrogen-bond acceptors (Lipinski definition) is 7. The normalized spacial score (nSPS) is 19.8. The van der Waals surface area contributed by atoms with Gasteiger partial charge in [-0.1, -0.05) is 29.8 Å². The number of benzene rings is 1. The number of carbonyl (C=O) groups excluding carboxylic acids is 4. The molecule has 2 aliphatic rings. The van der Waals surface area contributed by atoms with E-state index in [9.17, 15) is 32.3 Å². The molecule has 1 aromatic carbocycles. The van der Waals surface area contributed by atoms with E-state index in [1.165, 1.54) is 24.9 Å². The molecule has 0 bridgehead atoms. The van der Waals surface area contributed by atoms with E-state index in [-0.39, 0.29) is 37.6 Å². The molecule has 0 spiro atoms. The Balaban J connectivity index is 1.61. The molecule has 2 fully saturated rings. The minimum absolute atomic E-state index is 0.0830. The molecular formula is C28H32ClF3N6O5. The zero-order chi connectivity index (χ0) is 31.6. The number of nitrogens with zero attached hydrogens (tertiary/aromatic N) is 4. The van der Waals surface area contributed by atoms with Gasteiger partial charge in [0.25, 0.3) is 5.91 Å². The van der Waals surface area contributed by atoms with Gasteiger partial charge in [-0.15, -0.1) is 0 Å². The third-order valence-corrected chi connectivity index (χ3v) is 7.42. The molecule has 1 aromatic heterocycles. The van der Waals surface area contributed by atoms with E-state index in [0.29, 0.717) is 10.7 Å². The SMILES string of the molecule is CC(C)(N)C(=O)N[C@H](COCc1ccc(Cl)cc1)C(=O)N1CCN2C(=O)N(CC(F)(F)F)C(=O)[C@]2(Cc2ccccn2)C1. The van der Waals surface area contributed by atoms with Crippen molar-refractivity contribution in [3.63, 3.8) is 0 Å². The Morgan fingerprint density at radius 2 is 1.84 bits per heavy atom. The average Bonchev–Trinajstić information content (AvgIpc) is 3.13. The number of nitrogens with two attached hydrogens (primary N) is 1. The lowest BCUT2D eigenvalue weighted by molar-refractivity contribution is -0.157. The first-order valence-electron chi connectivity index (χ1n) is 13.4. The highest BCUT2D eigenvalue weighted by atomic mass is 35.5. The van der Waals surface area contributed by atoms with E-state index in [4.69, 9.17) is 22.1 Å². The summed E-state index contributed by atoms with van der Waals surface area (Å²) in [6, 6.07) is 9.31. The fraction of sp³-hybridized carbons (Fsp3) is 0.464. The Bertz CT molecular complexity index is 1360. The summed E-state index contributed by atoms with van der Waals surface area (Å²) in [5.41, 5.74) is 3.85. The zero-order valence-corrected chi connectivity index (χ0v) is 24.3. The predicted molar refractivity (Wildman–Crippen MR) is 148 cm³/mol. The third kappa shape index (κ3) is 7.43. The number of urea groups is 1. The summed E-state index contributed by atoms with van der Waals surface area (Å²) >= 11 is 5.92. The number of alkyl halides is 3. The highest BCUT2D eigenvalue weighted by Gasteiger charge is 2.61. The van der Waals surface area contributed by atoms with Crippen molar-refractivity contribution in [3.8, 4) is 0 Å². The largest absolute Gasteiger partial charge is 0.406 e. The van der Waals surface area contributed by atoms with Crippen molar-refractivity contribution < 1.29 is 37.1 Å². The van der Waals surface area contributed by atoms with Crippen LogP contribution >= 0.6 is 11.6 Å². The van der Waals surface area contributed by atoms with Gasteiger partial charge in [-0.3, -0.25) is 24.3 Å². The fourth-order valence-corrected chi connectivity index (χ4v) is 5.14. The van der Waals surface area contributed by atoms with Crippen molar-refractivity contribution in [2.24, 2.45) is 5.73 Å². The van der Waals surface area contributed by atoms with Gasteiger partial charge in [0.15, 0.2) is 0 Å². The molecule has 15 heteroatoms. The van der Waals surface area contributed by atoms with E-state index in [1.807, 2.05) is 0 Å². The smallest absolute Gasteiger partial charge is 0.374 e. The molecule has 0 aliphatic carbocycles. The Morgan fingerprint density at radius 1 is 1.14 bits per heavy atom. The number of nitrogens with one attached hydrogen (secondary N) is 1. The number of halogens is 4. The lowest BCUT2D eigenvalue weighted by atomic mass is 9.88. The van der Waals surface area contributed by atoms with Crippen LogP contribution in [-0.4, -0.2) is 99.5 Å². The van der Waals surface area contributed by atoms with Crippen LogP contribution in [0.1, 0.15) is 25.1 Å². The van der Waals surface area contributed by atoms with Gasteiger partial charge in [-0.05, 0) is 43.7 Å². The van der Waals surface area contributed by atoms with Gasteiger partial charge in [-0.25, -0.2) is 4.79 Å². The summed E-state index contributed by atoms with van der Waals surface area (Å²) in [7, 11) is 0. The van der Waals surface area contributed by atoms with E-state index < -0.39 is 60.1 Å². The van der Waals surface area contributed by atoms with Gasteiger partial charge >= 0.3 is 12.2 Å². The maximum absolute atomic E-state index is 13.9. The summed E-state index contributed by atoms with van der Waals surface area (Å²) in [6.45, 7) is 0.222. The van der Waals surface area contributed by atoms with Gasteiger partial charge in [0.05, 0.1) is 25.3 Å². The number of piperazine rings is 1. The van der Waals surface area contributed by atoms with Gasteiger partial charge in [0.2, 0.25) is 11.8 Å². The van der Waals surface area contributed by atoms with Crippen molar-refractivity contribution in [1.82, 2.24) is 25.0 Å². The van der Waals surface area contributed by atoms with E-state index >= 15 is 0 Å². The number of ether oxygens (including phenoxy) is 1. The fourth-order valence-electron chi connectivity index (χ4n) is 5.01. The Morgan fingerprint density at radius 3 is 2.44 bits per heavy atom. The summed E-state index contributed by atoms with van der Waals surface area (Å²) < 4.78 is 45.8. The van der Waals surface area contributed by atoms with Crippen molar-refractivity contribution in [1.29, 1.82) is 0 Å². The number of aromatic nitrogens is 1. The maximum atomic E-state index is 13.9. The lowest BCUT2D eigenvalue weighted by Gasteiger charge is -2.45. The molecule has 0 radical (unpaired) electrons. The van der Waals surface area contributed by atoms with Crippen LogP contribution in [0.25, 0.3) is 0 Å². The van der Waals surface area contributed by atoms with Crippen LogP contribution in [0.2, 0.25) is 5.02 Å². The molecule has 3 heterocycles. The van der Waals surface area contributed by atoms with Gasteiger partial charge in [0, 0.05) is 36.4 Å². The van der Waals surface area contributed by atoms with Crippen LogP contribution in [0.15, 0.2) is 48.7 Å². The van der Waals surface area contributed by atoms with Crippen LogP contribution in [-0.2, 0) is 32.1 Å². The van der Waals surface area contributed by atoms with Gasteiger partial charge in [0.1, 0.15) is 18.1 Å². The number of pyridine rings is 1. The van der Waals surface area contributed by atoms with E-state index in [0.717, 1.165) is 10.5 Å². The molecule has 2 saturated heterocycles. The molecule has 4 rings (SSSR count). The van der Waals surface area contributed by atoms with Gasteiger partial charge < -0.3 is 25.6 Å². The number of imide groups is 1. The first-order valence-corrected chi connectivity index (χ1v) is 13.8. The predicted octanol–water partition coefficient (Wildman–Crippen LogP) is 2.12. The second kappa shape index (κ2) is 12.5. The molecular weight excluding hydrogens is 593 g/mol.